The smallest absolute Gasteiger partial charge is 0.328 e. The Morgan fingerprint density at radius 1 is 1.13 bits per heavy atom. The van der Waals surface area contributed by atoms with Crippen molar-refractivity contribution in [1.29, 1.82) is 0 Å². The van der Waals surface area contributed by atoms with E-state index in [1.807, 2.05) is 0 Å². The highest BCUT2D eigenvalue weighted by molar-refractivity contribution is 7.92. The Morgan fingerprint density at radius 2 is 1.78 bits per heavy atom. The van der Waals surface area contributed by atoms with E-state index >= 15 is 0 Å². The largest absolute Gasteiger partial charge is 0.360 e. The monoisotopic (exact) mass is 336 g/mol. The molecule has 0 fully saturated rings. The molecule has 9 heteroatoms. The van der Waals surface area contributed by atoms with Gasteiger partial charge in [-0.05, 0) is 32.0 Å². The summed E-state index contributed by atoms with van der Waals surface area (Å²) in [6.45, 7) is 3.10. The van der Waals surface area contributed by atoms with Crippen LogP contribution in [0.15, 0.2) is 32.4 Å². The summed E-state index contributed by atoms with van der Waals surface area (Å²) in [4.78, 5) is 12.0. The van der Waals surface area contributed by atoms with Crippen molar-refractivity contribution in [3.63, 3.8) is 0 Å². The van der Waals surface area contributed by atoms with E-state index in [-0.39, 0.29) is 16.3 Å². The van der Waals surface area contributed by atoms with Crippen LogP contribution in [0.5, 0.6) is 0 Å². The third-order valence-corrected chi connectivity index (χ3v) is 5.39. The zero-order chi connectivity index (χ0) is 16.9. The van der Waals surface area contributed by atoms with E-state index < -0.39 is 10.0 Å². The SMILES string of the molecule is Cc1noc(C)c1S(=O)(=O)Nc1ccc2c(c1)n(C)c(=O)n2C. The van der Waals surface area contributed by atoms with Gasteiger partial charge in [-0.1, -0.05) is 5.16 Å². The minimum absolute atomic E-state index is 0.0274. The highest BCUT2D eigenvalue weighted by Gasteiger charge is 2.24. The summed E-state index contributed by atoms with van der Waals surface area (Å²) < 4.78 is 35.4. The second-order valence-electron chi connectivity index (χ2n) is 5.36. The number of anilines is 1. The Kier molecular flexibility index (Phi) is 3.33. The highest BCUT2D eigenvalue weighted by atomic mass is 32.2. The Morgan fingerprint density at radius 3 is 2.39 bits per heavy atom. The Labute approximate surface area is 132 Å². The van der Waals surface area contributed by atoms with E-state index in [1.54, 1.807) is 46.1 Å². The molecule has 0 saturated heterocycles. The van der Waals surface area contributed by atoms with Gasteiger partial charge in [0.2, 0.25) is 0 Å². The van der Waals surface area contributed by atoms with Gasteiger partial charge in [0.15, 0.2) is 10.7 Å². The molecule has 0 aliphatic carbocycles. The number of benzene rings is 1. The Balaban J connectivity index is 2.09. The molecule has 0 unspecified atom stereocenters. The van der Waals surface area contributed by atoms with E-state index in [9.17, 15) is 13.2 Å². The summed E-state index contributed by atoms with van der Waals surface area (Å²) in [5.41, 5.74) is 1.84. The third kappa shape index (κ3) is 2.33. The minimum atomic E-state index is -3.82. The van der Waals surface area contributed by atoms with E-state index in [2.05, 4.69) is 9.88 Å². The van der Waals surface area contributed by atoms with Crippen LogP contribution in [0.2, 0.25) is 0 Å². The zero-order valence-electron chi connectivity index (χ0n) is 13.1. The molecule has 1 N–H and O–H groups in total. The maximum atomic E-state index is 12.5. The number of sulfonamides is 1. The van der Waals surface area contributed by atoms with Gasteiger partial charge >= 0.3 is 5.69 Å². The van der Waals surface area contributed by atoms with Crippen molar-refractivity contribution in [2.75, 3.05) is 4.72 Å². The summed E-state index contributed by atoms with van der Waals surface area (Å²) >= 11 is 0. The first-order chi connectivity index (χ1) is 10.7. The number of nitrogens with zero attached hydrogens (tertiary/aromatic N) is 3. The predicted octanol–water partition coefficient (Wildman–Crippen LogP) is 1.28. The molecule has 23 heavy (non-hydrogen) atoms. The molecule has 122 valence electrons. The van der Waals surface area contributed by atoms with Gasteiger partial charge < -0.3 is 4.52 Å². The van der Waals surface area contributed by atoms with Gasteiger partial charge in [0.05, 0.1) is 16.7 Å². The number of fused-ring (bicyclic) bond motifs is 1. The fraction of sp³-hybridized carbons (Fsp3) is 0.286. The molecule has 0 amide bonds. The van der Waals surface area contributed by atoms with Crippen molar-refractivity contribution in [2.24, 2.45) is 14.1 Å². The summed E-state index contributed by atoms with van der Waals surface area (Å²) in [7, 11) is -0.515. The zero-order valence-corrected chi connectivity index (χ0v) is 13.9. The molecule has 0 radical (unpaired) electrons. The standard InChI is InChI=1S/C14H16N4O4S/c1-8-13(9(2)22-15-8)23(20,21)16-10-5-6-11-12(7-10)18(4)14(19)17(11)3/h5-7,16H,1-4H3. The normalized spacial score (nSPS) is 12.0. The topological polar surface area (TPSA) is 99.1 Å². The van der Waals surface area contributed by atoms with Crippen LogP contribution >= 0.6 is 0 Å². The average molecular weight is 336 g/mol. The summed E-state index contributed by atoms with van der Waals surface area (Å²) in [5.74, 6) is 0.225. The molecular formula is C14H16N4O4S. The van der Waals surface area contributed by atoms with Crippen LogP contribution in [0.25, 0.3) is 11.0 Å². The molecule has 0 aliphatic rings. The van der Waals surface area contributed by atoms with Gasteiger partial charge in [-0.25, -0.2) is 13.2 Å². The Bertz CT molecular complexity index is 1050. The highest BCUT2D eigenvalue weighted by Crippen LogP contribution is 2.24. The van der Waals surface area contributed by atoms with Crippen molar-refractivity contribution >= 4 is 26.7 Å². The van der Waals surface area contributed by atoms with Crippen LogP contribution in [-0.2, 0) is 24.1 Å². The van der Waals surface area contributed by atoms with Crippen LogP contribution in [0.3, 0.4) is 0 Å². The second-order valence-corrected chi connectivity index (χ2v) is 6.98. The molecule has 2 aromatic heterocycles. The molecule has 2 heterocycles. The van der Waals surface area contributed by atoms with Gasteiger partial charge in [0, 0.05) is 14.1 Å². The van der Waals surface area contributed by atoms with Crippen LogP contribution in [0.1, 0.15) is 11.5 Å². The minimum Gasteiger partial charge on any atom is -0.360 e. The first-order valence-corrected chi connectivity index (χ1v) is 8.32. The van der Waals surface area contributed by atoms with Crippen molar-refractivity contribution in [2.45, 2.75) is 18.7 Å². The summed E-state index contributed by atoms with van der Waals surface area (Å²) in [6, 6.07) is 4.92. The lowest BCUT2D eigenvalue weighted by Crippen LogP contribution is -2.19. The van der Waals surface area contributed by atoms with Crippen LogP contribution in [0, 0.1) is 13.8 Å². The second kappa shape index (κ2) is 4.98. The molecule has 3 aromatic rings. The first-order valence-electron chi connectivity index (χ1n) is 6.83. The van der Waals surface area contributed by atoms with Gasteiger partial charge in [-0.2, -0.15) is 0 Å². The molecular weight excluding hydrogens is 320 g/mol. The number of imidazole rings is 1. The number of rotatable bonds is 3. The number of aromatic nitrogens is 3. The quantitative estimate of drug-likeness (QED) is 0.777. The molecule has 3 rings (SSSR count). The molecule has 1 aromatic carbocycles. The Hall–Kier alpha value is -2.55. The maximum Gasteiger partial charge on any atom is 0.328 e. The average Bonchev–Trinajstić information content (AvgIpc) is 2.92. The van der Waals surface area contributed by atoms with Crippen molar-refractivity contribution in [1.82, 2.24) is 14.3 Å². The number of hydrogen-bond acceptors (Lipinski definition) is 5. The predicted molar refractivity (Wildman–Crippen MR) is 84.9 cm³/mol. The fourth-order valence-corrected chi connectivity index (χ4v) is 4.02. The van der Waals surface area contributed by atoms with Gasteiger partial charge in [0.1, 0.15) is 5.69 Å². The number of aryl methyl sites for hydroxylation is 4. The molecule has 0 aliphatic heterocycles. The summed E-state index contributed by atoms with van der Waals surface area (Å²) in [6.07, 6.45) is 0. The van der Waals surface area contributed by atoms with Crippen LogP contribution < -0.4 is 10.4 Å². The van der Waals surface area contributed by atoms with E-state index in [0.29, 0.717) is 16.9 Å². The van der Waals surface area contributed by atoms with Crippen LogP contribution in [-0.4, -0.2) is 22.7 Å². The molecule has 8 nitrogen and oxygen atoms in total. The van der Waals surface area contributed by atoms with Gasteiger partial charge in [-0.3, -0.25) is 13.9 Å². The van der Waals surface area contributed by atoms with E-state index in [0.717, 1.165) is 5.52 Å². The van der Waals surface area contributed by atoms with Gasteiger partial charge in [-0.15, -0.1) is 0 Å². The van der Waals surface area contributed by atoms with Crippen molar-refractivity contribution < 1.29 is 12.9 Å². The fourth-order valence-electron chi connectivity index (χ4n) is 2.63. The lowest BCUT2D eigenvalue weighted by atomic mass is 10.3. The number of nitrogens with one attached hydrogen (secondary N) is 1. The lowest BCUT2D eigenvalue weighted by Gasteiger charge is -2.08. The van der Waals surface area contributed by atoms with Crippen molar-refractivity contribution in [3.8, 4) is 0 Å². The molecule has 0 saturated carbocycles. The van der Waals surface area contributed by atoms with Crippen molar-refractivity contribution in [3.05, 3.63) is 40.1 Å². The third-order valence-electron chi connectivity index (χ3n) is 3.76. The van der Waals surface area contributed by atoms with E-state index in [4.69, 9.17) is 4.52 Å². The van der Waals surface area contributed by atoms with E-state index in [1.165, 1.54) is 9.13 Å². The van der Waals surface area contributed by atoms with Gasteiger partial charge in [0.25, 0.3) is 10.0 Å². The number of hydrogen-bond donors (Lipinski definition) is 1. The summed E-state index contributed by atoms with van der Waals surface area (Å²) in [5, 5.41) is 3.66. The lowest BCUT2D eigenvalue weighted by molar-refractivity contribution is 0.390. The first kappa shape index (κ1) is 15.3. The van der Waals surface area contributed by atoms with Crippen LogP contribution in [0.4, 0.5) is 5.69 Å². The molecule has 0 spiro atoms. The molecule has 0 bridgehead atoms. The maximum absolute atomic E-state index is 12.5. The molecule has 0 atom stereocenters.